The van der Waals surface area contributed by atoms with Gasteiger partial charge in [0.1, 0.15) is 11.6 Å². The van der Waals surface area contributed by atoms with E-state index in [9.17, 15) is 0 Å². The largest absolute Gasteiger partial charge is 0.353 e. The molecular formula is C9H13N5S. The SMILES string of the molecule is CC(C)c1nsc(NCc2ncc[nH]2)n1. The Hall–Kier alpha value is -1.43. The minimum atomic E-state index is 0.375. The van der Waals surface area contributed by atoms with Gasteiger partial charge in [-0.15, -0.1) is 0 Å². The molecule has 2 rings (SSSR count). The summed E-state index contributed by atoms with van der Waals surface area (Å²) < 4.78 is 4.25. The Morgan fingerprint density at radius 2 is 2.40 bits per heavy atom. The molecule has 0 aromatic carbocycles. The lowest BCUT2D eigenvalue weighted by Gasteiger charge is -1.98. The van der Waals surface area contributed by atoms with Gasteiger partial charge in [-0.2, -0.15) is 4.37 Å². The molecule has 6 heteroatoms. The molecule has 0 aliphatic carbocycles. The number of hydrogen-bond acceptors (Lipinski definition) is 5. The van der Waals surface area contributed by atoms with Gasteiger partial charge in [0, 0.05) is 29.8 Å². The third-order valence-electron chi connectivity index (χ3n) is 1.92. The molecule has 2 heterocycles. The molecule has 0 radical (unpaired) electrons. The average Bonchev–Trinajstić information content (AvgIpc) is 2.86. The molecule has 2 aromatic heterocycles. The molecule has 15 heavy (non-hydrogen) atoms. The van der Waals surface area contributed by atoms with E-state index in [2.05, 4.69) is 38.5 Å². The maximum absolute atomic E-state index is 4.36. The standard InChI is InChI=1S/C9H13N5S/c1-6(2)8-13-9(15-14-8)12-5-7-10-3-4-11-7/h3-4,6H,5H2,1-2H3,(H,10,11)(H,12,13,14). The number of aromatic amines is 1. The summed E-state index contributed by atoms with van der Waals surface area (Å²) in [5.41, 5.74) is 0. The van der Waals surface area contributed by atoms with Gasteiger partial charge in [0.15, 0.2) is 0 Å². The molecule has 0 saturated heterocycles. The van der Waals surface area contributed by atoms with E-state index in [0.717, 1.165) is 16.8 Å². The predicted molar refractivity (Wildman–Crippen MR) is 59.9 cm³/mol. The number of H-pyrrole nitrogens is 1. The van der Waals surface area contributed by atoms with Crippen molar-refractivity contribution in [3.05, 3.63) is 24.0 Å². The summed E-state index contributed by atoms with van der Waals surface area (Å²) in [5.74, 6) is 2.17. The van der Waals surface area contributed by atoms with Crippen LogP contribution in [-0.2, 0) is 6.54 Å². The third kappa shape index (κ3) is 2.53. The quantitative estimate of drug-likeness (QED) is 0.832. The Labute approximate surface area is 92.1 Å². The summed E-state index contributed by atoms with van der Waals surface area (Å²) in [6, 6.07) is 0. The second kappa shape index (κ2) is 4.39. The second-order valence-corrected chi connectivity index (χ2v) is 4.25. The molecule has 0 fully saturated rings. The zero-order valence-electron chi connectivity index (χ0n) is 8.69. The molecular weight excluding hydrogens is 210 g/mol. The van der Waals surface area contributed by atoms with Gasteiger partial charge >= 0.3 is 0 Å². The summed E-state index contributed by atoms with van der Waals surface area (Å²) >= 11 is 1.39. The molecule has 0 saturated carbocycles. The molecule has 2 N–H and O–H groups in total. The normalized spacial score (nSPS) is 10.9. The lowest BCUT2D eigenvalue weighted by atomic mass is 10.2. The lowest BCUT2D eigenvalue weighted by molar-refractivity contribution is 0.798. The topological polar surface area (TPSA) is 66.5 Å². The Balaban J connectivity index is 1.94. The van der Waals surface area contributed by atoms with Crippen LogP contribution in [0.1, 0.15) is 31.4 Å². The lowest BCUT2D eigenvalue weighted by Crippen LogP contribution is -2.01. The summed E-state index contributed by atoms with van der Waals surface area (Å²) in [5, 5.41) is 4.02. The smallest absolute Gasteiger partial charge is 0.202 e. The molecule has 0 atom stereocenters. The van der Waals surface area contributed by atoms with Crippen molar-refractivity contribution in [1.82, 2.24) is 19.3 Å². The zero-order chi connectivity index (χ0) is 10.7. The molecule has 2 aromatic rings. The number of imidazole rings is 1. The molecule has 0 unspecified atom stereocenters. The Kier molecular flexibility index (Phi) is 2.96. The van der Waals surface area contributed by atoms with Crippen LogP contribution in [0.4, 0.5) is 5.13 Å². The minimum absolute atomic E-state index is 0.375. The van der Waals surface area contributed by atoms with Crippen molar-refractivity contribution in [2.75, 3.05) is 5.32 Å². The third-order valence-corrected chi connectivity index (χ3v) is 2.61. The highest BCUT2D eigenvalue weighted by Gasteiger charge is 2.07. The van der Waals surface area contributed by atoms with Crippen LogP contribution in [0.3, 0.4) is 0 Å². The highest BCUT2D eigenvalue weighted by molar-refractivity contribution is 7.09. The van der Waals surface area contributed by atoms with Gasteiger partial charge in [-0.25, -0.2) is 9.97 Å². The van der Waals surface area contributed by atoms with Crippen LogP contribution in [0, 0.1) is 0 Å². The van der Waals surface area contributed by atoms with Crippen molar-refractivity contribution >= 4 is 16.7 Å². The molecule has 0 aliphatic rings. The van der Waals surface area contributed by atoms with E-state index >= 15 is 0 Å². The first-order chi connectivity index (χ1) is 7.25. The molecule has 5 nitrogen and oxygen atoms in total. The van der Waals surface area contributed by atoms with E-state index in [1.54, 1.807) is 12.4 Å². The van der Waals surface area contributed by atoms with Crippen LogP contribution in [0.2, 0.25) is 0 Å². The van der Waals surface area contributed by atoms with Crippen LogP contribution < -0.4 is 5.32 Å². The number of anilines is 1. The summed E-state index contributed by atoms with van der Waals surface area (Å²) in [6.07, 6.45) is 3.54. The summed E-state index contributed by atoms with van der Waals surface area (Å²) in [4.78, 5) is 11.5. The average molecular weight is 223 g/mol. The zero-order valence-corrected chi connectivity index (χ0v) is 9.51. The van der Waals surface area contributed by atoms with Gasteiger partial charge < -0.3 is 10.3 Å². The van der Waals surface area contributed by atoms with Crippen LogP contribution >= 0.6 is 11.5 Å². The van der Waals surface area contributed by atoms with E-state index in [-0.39, 0.29) is 0 Å². The Morgan fingerprint density at radius 1 is 1.53 bits per heavy atom. The molecule has 0 amide bonds. The summed E-state index contributed by atoms with van der Waals surface area (Å²) in [6.45, 7) is 4.82. The van der Waals surface area contributed by atoms with E-state index in [0.29, 0.717) is 12.5 Å². The minimum Gasteiger partial charge on any atom is -0.353 e. The molecule has 0 spiro atoms. The first-order valence-corrected chi connectivity index (χ1v) is 5.59. The number of hydrogen-bond donors (Lipinski definition) is 2. The van der Waals surface area contributed by atoms with Gasteiger partial charge in [0.05, 0.1) is 6.54 Å². The van der Waals surface area contributed by atoms with Crippen molar-refractivity contribution in [2.45, 2.75) is 26.3 Å². The first-order valence-electron chi connectivity index (χ1n) is 4.81. The summed E-state index contributed by atoms with van der Waals surface area (Å²) in [7, 11) is 0. The van der Waals surface area contributed by atoms with Crippen LogP contribution in [-0.4, -0.2) is 19.3 Å². The first kappa shape index (κ1) is 10.1. The number of rotatable bonds is 4. The molecule has 80 valence electrons. The fraction of sp³-hybridized carbons (Fsp3) is 0.444. The monoisotopic (exact) mass is 223 g/mol. The fourth-order valence-corrected chi connectivity index (χ4v) is 1.80. The van der Waals surface area contributed by atoms with Gasteiger partial charge in [-0.3, -0.25) is 0 Å². The maximum atomic E-state index is 4.36. The highest BCUT2D eigenvalue weighted by atomic mass is 32.1. The molecule has 0 bridgehead atoms. The fourth-order valence-electron chi connectivity index (χ4n) is 1.10. The predicted octanol–water partition coefficient (Wildman–Crippen LogP) is 2.00. The second-order valence-electron chi connectivity index (χ2n) is 3.50. The van der Waals surface area contributed by atoms with Crippen molar-refractivity contribution in [2.24, 2.45) is 0 Å². The van der Waals surface area contributed by atoms with Crippen LogP contribution in [0.15, 0.2) is 12.4 Å². The van der Waals surface area contributed by atoms with Crippen molar-refractivity contribution in [3.63, 3.8) is 0 Å². The number of aromatic nitrogens is 4. The van der Waals surface area contributed by atoms with Gasteiger partial charge in [0.2, 0.25) is 5.13 Å². The van der Waals surface area contributed by atoms with Crippen molar-refractivity contribution in [1.29, 1.82) is 0 Å². The van der Waals surface area contributed by atoms with E-state index in [1.165, 1.54) is 11.5 Å². The van der Waals surface area contributed by atoms with Crippen molar-refractivity contribution < 1.29 is 0 Å². The number of nitrogens with zero attached hydrogens (tertiary/aromatic N) is 3. The van der Waals surface area contributed by atoms with Crippen LogP contribution in [0.5, 0.6) is 0 Å². The Morgan fingerprint density at radius 3 is 3.00 bits per heavy atom. The van der Waals surface area contributed by atoms with E-state index in [1.807, 2.05) is 0 Å². The van der Waals surface area contributed by atoms with E-state index in [4.69, 9.17) is 0 Å². The van der Waals surface area contributed by atoms with Crippen molar-refractivity contribution in [3.8, 4) is 0 Å². The molecule has 0 aliphatic heterocycles. The number of nitrogens with one attached hydrogen (secondary N) is 2. The highest BCUT2D eigenvalue weighted by Crippen LogP contribution is 2.17. The van der Waals surface area contributed by atoms with Crippen LogP contribution in [0.25, 0.3) is 0 Å². The van der Waals surface area contributed by atoms with Gasteiger partial charge in [0.25, 0.3) is 0 Å². The van der Waals surface area contributed by atoms with Gasteiger partial charge in [-0.1, -0.05) is 13.8 Å². The Bertz CT molecular complexity index is 406. The maximum Gasteiger partial charge on any atom is 0.202 e. The van der Waals surface area contributed by atoms with E-state index < -0.39 is 0 Å². The van der Waals surface area contributed by atoms with Gasteiger partial charge in [-0.05, 0) is 0 Å².